The van der Waals surface area contributed by atoms with Gasteiger partial charge >= 0.3 is 0 Å². The fraction of sp³-hybridized carbons (Fsp3) is 1.00. The van der Waals surface area contributed by atoms with E-state index in [2.05, 4.69) is 10.6 Å². The van der Waals surface area contributed by atoms with Crippen LogP contribution in [-0.2, 0) is 0 Å². The monoisotopic (exact) mass is 128 g/mol. The molecule has 1 heterocycles. The van der Waals surface area contributed by atoms with E-state index >= 15 is 0 Å². The summed E-state index contributed by atoms with van der Waals surface area (Å²) in [5.74, 6) is 0.698. The maximum absolute atomic E-state index is 5.39. The number of nitrogens with one attached hydrogen (secondary N) is 1. The molecule has 3 heteroatoms. The van der Waals surface area contributed by atoms with Crippen LogP contribution in [0.5, 0.6) is 0 Å². The van der Waals surface area contributed by atoms with Crippen molar-refractivity contribution in [3.8, 4) is 0 Å². The molecule has 3 nitrogen and oxygen atoms in total. The van der Waals surface area contributed by atoms with Crippen LogP contribution < -0.4 is 16.4 Å². The molecule has 0 saturated carbocycles. The van der Waals surface area contributed by atoms with Crippen LogP contribution in [0.3, 0.4) is 0 Å². The lowest BCUT2D eigenvalue weighted by atomic mass is 10.1. The Bertz CT molecular complexity index is 65.9. The van der Waals surface area contributed by atoms with Gasteiger partial charge < -0.3 is 11.1 Å². The predicted molar refractivity (Wildman–Crippen MR) is 37.0 cm³/mol. The van der Waals surface area contributed by atoms with Gasteiger partial charge in [0.25, 0.3) is 0 Å². The first-order valence-corrected chi connectivity index (χ1v) is 3.47. The fourth-order valence-electron chi connectivity index (χ4n) is 1.09. The summed E-state index contributed by atoms with van der Waals surface area (Å²) < 4.78 is 0. The summed E-state index contributed by atoms with van der Waals surface area (Å²) in [6.07, 6.45) is 1.11. The largest absolute Gasteiger partial charge is 0.330 e. The first-order valence-electron chi connectivity index (χ1n) is 3.47. The van der Waals surface area contributed by atoms with Gasteiger partial charge in [-0.25, -0.2) is 5.32 Å². The van der Waals surface area contributed by atoms with Crippen LogP contribution in [0.15, 0.2) is 0 Å². The van der Waals surface area contributed by atoms with Gasteiger partial charge in [0.15, 0.2) is 0 Å². The van der Waals surface area contributed by atoms with Gasteiger partial charge in [-0.3, -0.25) is 0 Å². The van der Waals surface area contributed by atoms with Crippen molar-refractivity contribution in [2.45, 2.75) is 6.42 Å². The molecule has 1 radical (unpaired) electrons. The minimum atomic E-state index is 0.698. The topological polar surface area (TPSA) is 52.2 Å². The number of hydrogen-bond acceptors (Lipinski definition) is 2. The second-order valence-corrected chi connectivity index (χ2v) is 2.46. The Morgan fingerprint density at radius 1 is 1.67 bits per heavy atom. The molecule has 1 aliphatic heterocycles. The van der Waals surface area contributed by atoms with Crippen LogP contribution in [0, 0.1) is 5.92 Å². The molecule has 1 atom stereocenters. The average molecular weight is 128 g/mol. The average Bonchev–Trinajstić information content (AvgIpc) is 1.91. The Morgan fingerprint density at radius 2 is 2.56 bits per heavy atom. The van der Waals surface area contributed by atoms with Crippen molar-refractivity contribution in [2.75, 3.05) is 26.3 Å². The first kappa shape index (κ1) is 6.99. The first-order chi connectivity index (χ1) is 4.43. The van der Waals surface area contributed by atoms with E-state index in [1.54, 1.807) is 0 Å². The van der Waals surface area contributed by atoms with Gasteiger partial charge in [-0.2, -0.15) is 0 Å². The van der Waals surface area contributed by atoms with Gasteiger partial charge in [0.1, 0.15) is 0 Å². The Balaban J connectivity index is 2.08. The van der Waals surface area contributed by atoms with Crippen molar-refractivity contribution in [3.63, 3.8) is 0 Å². The van der Waals surface area contributed by atoms with E-state index in [4.69, 9.17) is 5.73 Å². The van der Waals surface area contributed by atoms with Gasteiger partial charge in [0.2, 0.25) is 0 Å². The molecule has 53 valence electrons. The Kier molecular flexibility index (Phi) is 2.97. The molecule has 1 saturated heterocycles. The van der Waals surface area contributed by atoms with Crippen molar-refractivity contribution >= 4 is 0 Å². The molecule has 0 aromatic heterocycles. The molecule has 1 fully saturated rings. The fourth-order valence-corrected chi connectivity index (χ4v) is 1.09. The van der Waals surface area contributed by atoms with E-state index < -0.39 is 0 Å². The van der Waals surface area contributed by atoms with Crippen LogP contribution >= 0.6 is 0 Å². The van der Waals surface area contributed by atoms with Crippen molar-refractivity contribution in [3.05, 3.63) is 0 Å². The quantitative estimate of drug-likeness (QED) is 0.507. The number of hydrogen-bond donors (Lipinski definition) is 2. The predicted octanol–water partition coefficient (Wildman–Crippen LogP) is -0.883. The van der Waals surface area contributed by atoms with Crippen LogP contribution in [0.25, 0.3) is 0 Å². The molecular weight excluding hydrogens is 114 g/mol. The zero-order valence-corrected chi connectivity index (χ0v) is 5.64. The highest BCUT2D eigenvalue weighted by Crippen LogP contribution is 2.00. The minimum absolute atomic E-state index is 0.698. The van der Waals surface area contributed by atoms with E-state index in [9.17, 15) is 0 Å². The summed E-state index contributed by atoms with van der Waals surface area (Å²) in [5.41, 5.74) is 5.39. The molecule has 0 aromatic carbocycles. The summed E-state index contributed by atoms with van der Waals surface area (Å²) in [6.45, 7) is 3.73. The van der Waals surface area contributed by atoms with Crippen molar-refractivity contribution in [2.24, 2.45) is 11.7 Å². The highest BCUT2D eigenvalue weighted by Gasteiger charge is 2.10. The lowest BCUT2D eigenvalue weighted by Gasteiger charge is -2.21. The second-order valence-electron chi connectivity index (χ2n) is 2.46. The molecule has 9 heavy (non-hydrogen) atoms. The highest BCUT2D eigenvalue weighted by molar-refractivity contribution is 4.69. The Labute approximate surface area is 56.0 Å². The van der Waals surface area contributed by atoms with E-state index in [0.29, 0.717) is 5.92 Å². The van der Waals surface area contributed by atoms with E-state index in [0.717, 1.165) is 32.7 Å². The molecular formula is C6H14N3. The third-order valence-corrected chi connectivity index (χ3v) is 1.62. The summed E-state index contributed by atoms with van der Waals surface area (Å²) in [5, 5.41) is 7.41. The third kappa shape index (κ3) is 2.30. The SMILES string of the molecule is NCCC1C[N]CNC1. The van der Waals surface area contributed by atoms with Crippen molar-refractivity contribution < 1.29 is 0 Å². The lowest BCUT2D eigenvalue weighted by molar-refractivity contribution is 0.353. The van der Waals surface area contributed by atoms with Gasteiger partial charge in [-0.15, -0.1) is 0 Å². The molecule has 1 unspecified atom stereocenters. The van der Waals surface area contributed by atoms with Crippen LogP contribution in [0.4, 0.5) is 0 Å². The molecule has 0 aliphatic carbocycles. The molecule has 1 aliphatic rings. The molecule has 0 bridgehead atoms. The molecule has 0 amide bonds. The summed E-state index contributed by atoms with van der Waals surface area (Å²) in [4.78, 5) is 0. The summed E-state index contributed by atoms with van der Waals surface area (Å²) >= 11 is 0. The van der Waals surface area contributed by atoms with Crippen molar-refractivity contribution in [1.82, 2.24) is 10.6 Å². The van der Waals surface area contributed by atoms with Crippen LogP contribution in [0.2, 0.25) is 0 Å². The standard InChI is InChI=1S/C6H14N3/c7-2-1-6-3-8-5-9-4-6/h6,8H,1-5,7H2. The van der Waals surface area contributed by atoms with Crippen LogP contribution in [-0.4, -0.2) is 26.3 Å². The Morgan fingerprint density at radius 3 is 3.11 bits per heavy atom. The number of nitrogens with two attached hydrogens (primary N) is 1. The normalized spacial score (nSPS) is 22.3. The number of rotatable bonds is 2. The lowest BCUT2D eigenvalue weighted by Crippen LogP contribution is -2.40. The maximum atomic E-state index is 5.39. The zero-order valence-electron chi connectivity index (χ0n) is 5.64. The molecule has 0 spiro atoms. The van der Waals surface area contributed by atoms with Gasteiger partial charge in [-0.05, 0) is 18.9 Å². The van der Waals surface area contributed by atoms with E-state index in [-0.39, 0.29) is 0 Å². The smallest absolute Gasteiger partial charge is 0.0624 e. The second kappa shape index (κ2) is 3.82. The molecule has 3 N–H and O–H groups in total. The van der Waals surface area contributed by atoms with Gasteiger partial charge in [-0.1, -0.05) is 0 Å². The summed E-state index contributed by atoms with van der Waals surface area (Å²) in [7, 11) is 0. The summed E-state index contributed by atoms with van der Waals surface area (Å²) in [6, 6.07) is 0. The third-order valence-electron chi connectivity index (χ3n) is 1.62. The van der Waals surface area contributed by atoms with Gasteiger partial charge in [0.05, 0.1) is 6.67 Å². The highest BCUT2D eigenvalue weighted by atomic mass is 15.1. The maximum Gasteiger partial charge on any atom is 0.0624 e. The van der Waals surface area contributed by atoms with Crippen molar-refractivity contribution in [1.29, 1.82) is 0 Å². The minimum Gasteiger partial charge on any atom is -0.330 e. The molecule has 1 rings (SSSR count). The molecule has 0 aromatic rings. The zero-order chi connectivity index (χ0) is 6.53. The van der Waals surface area contributed by atoms with Gasteiger partial charge in [0, 0.05) is 13.1 Å². The Hall–Kier alpha value is -0.120. The van der Waals surface area contributed by atoms with E-state index in [1.807, 2.05) is 0 Å². The number of nitrogens with zero attached hydrogens (tertiary/aromatic N) is 1. The van der Waals surface area contributed by atoms with Crippen LogP contribution in [0.1, 0.15) is 6.42 Å². The van der Waals surface area contributed by atoms with E-state index in [1.165, 1.54) is 0 Å².